The second-order valence-electron chi connectivity index (χ2n) is 22.5. The highest BCUT2D eigenvalue weighted by atomic mass is 16.5. The van der Waals surface area contributed by atoms with E-state index in [2.05, 4.69) is 31.3 Å². The van der Waals surface area contributed by atoms with Crippen molar-refractivity contribution in [2.75, 3.05) is 13.2 Å². The second kappa shape index (κ2) is 61.9. The second-order valence-corrected chi connectivity index (χ2v) is 22.5. The third kappa shape index (κ3) is 57.6. The first-order chi connectivity index (χ1) is 35.5. The Hall–Kier alpha value is -1.66. The molecule has 0 aromatic rings. The van der Waals surface area contributed by atoms with Gasteiger partial charge in [-0.3, -0.25) is 9.59 Å². The van der Waals surface area contributed by atoms with E-state index in [0.717, 1.165) is 44.9 Å². The van der Waals surface area contributed by atoms with E-state index >= 15 is 0 Å². The first kappa shape index (κ1) is 70.3. The topological polar surface area (TPSA) is 95.9 Å². The van der Waals surface area contributed by atoms with Gasteiger partial charge in [-0.1, -0.05) is 314 Å². The molecule has 1 amide bonds. The van der Waals surface area contributed by atoms with Crippen LogP contribution in [0.2, 0.25) is 0 Å². The standard InChI is InChI=1S/C66H127NO5/c1-3-5-7-9-11-13-15-17-19-21-24-28-32-36-40-44-48-52-56-60-66(71)72-61-57-53-49-45-41-37-33-29-26-23-22-25-27-31-35-39-43-47-51-55-59-65(70)67-63(62-68)64(69)58-54-50-46-42-38-34-30-20-18-16-14-12-10-8-6-4-2/h22,25,54,58,63-64,68-69H,3-21,23-24,26-53,55-57,59-62H2,1-2H3,(H,67,70)/b25-22-,58-54+. The monoisotopic (exact) mass is 1010 g/mol. The Balaban J connectivity index is 3.42. The van der Waals surface area contributed by atoms with Gasteiger partial charge in [-0.25, -0.2) is 0 Å². The molecule has 0 saturated carbocycles. The van der Waals surface area contributed by atoms with Crippen molar-refractivity contribution in [3.63, 3.8) is 0 Å². The van der Waals surface area contributed by atoms with Gasteiger partial charge >= 0.3 is 5.97 Å². The molecule has 2 atom stereocenters. The van der Waals surface area contributed by atoms with E-state index < -0.39 is 12.1 Å². The van der Waals surface area contributed by atoms with Crippen molar-refractivity contribution in [1.29, 1.82) is 0 Å². The van der Waals surface area contributed by atoms with Gasteiger partial charge in [-0.15, -0.1) is 0 Å². The Bertz CT molecular complexity index is 1120. The lowest BCUT2D eigenvalue weighted by Crippen LogP contribution is -2.45. The number of carbonyl (C=O) groups excluding carboxylic acids is 2. The molecule has 6 heteroatoms. The number of aliphatic hydroxyl groups excluding tert-OH is 2. The van der Waals surface area contributed by atoms with Gasteiger partial charge in [0.25, 0.3) is 0 Å². The summed E-state index contributed by atoms with van der Waals surface area (Å²) in [5, 5.41) is 23.1. The Labute approximate surface area is 450 Å². The Morgan fingerprint density at radius 1 is 0.375 bits per heavy atom. The molecule has 0 rings (SSSR count). The zero-order chi connectivity index (χ0) is 52.2. The summed E-state index contributed by atoms with van der Waals surface area (Å²) in [5.41, 5.74) is 0. The molecule has 0 aliphatic heterocycles. The number of allylic oxidation sites excluding steroid dienone is 3. The molecule has 0 radical (unpaired) electrons. The lowest BCUT2D eigenvalue weighted by Gasteiger charge is -2.20. The number of hydrogen-bond acceptors (Lipinski definition) is 5. The van der Waals surface area contributed by atoms with Crippen LogP contribution >= 0.6 is 0 Å². The molecule has 0 heterocycles. The van der Waals surface area contributed by atoms with Crippen molar-refractivity contribution >= 4 is 11.9 Å². The van der Waals surface area contributed by atoms with Gasteiger partial charge in [0.15, 0.2) is 0 Å². The van der Waals surface area contributed by atoms with Gasteiger partial charge in [-0.2, -0.15) is 0 Å². The molecule has 0 aromatic heterocycles. The third-order valence-electron chi connectivity index (χ3n) is 15.2. The van der Waals surface area contributed by atoms with Crippen LogP contribution < -0.4 is 5.32 Å². The molecule has 3 N–H and O–H groups in total. The van der Waals surface area contributed by atoms with Crippen molar-refractivity contribution in [1.82, 2.24) is 5.32 Å². The number of rotatable bonds is 61. The maximum absolute atomic E-state index is 12.5. The molecule has 0 aromatic carbocycles. The average Bonchev–Trinajstić information content (AvgIpc) is 3.38. The maximum Gasteiger partial charge on any atom is 0.305 e. The van der Waals surface area contributed by atoms with Crippen LogP contribution in [0.1, 0.15) is 361 Å². The zero-order valence-electron chi connectivity index (χ0n) is 48.7. The number of hydrogen-bond donors (Lipinski definition) is 3. The summed E-state index contributed by atoms with van der Waals surface area (Å²) in [7, 11) is 0. The summed E-state index contributed by atoms with van der Waals surface area (Å²) >= 11 is 0. The SMILES string of the molecule is CCCCCCCCCCCCCCCC/C=C/C(O)C(CO)NC(=O)CCCCCCCCC/C=C\CCCCCCCCCCCOC(=O)CCCCCCCCCCCCCCCCCCCCC. The number of carbonyl (C=O) groups is 2. The van der Waals surface area contributed by atoms with Crippen molar-refractivity contribution in [3.8, 4) is 0 Å². The van der Waals surface area contributed by atoms with Gasteiger partial charge in [0.05, 0.1) is 25.4 Å². The van der Waals surface area contributed by atoms with E-state index in [1.807, 2.05) is 6.08 Å². The number of unbranched alkanes of at least 4 members (excludes halogenated alkanes) is 48. The normalized spacial score (nSPS) is 12.7. The fourth-order valence-electron chi connectivity index (χ4n) is 10.2. The van der Waals surface area contributed by atoms with Crippen LogP contribution in [0.25, 0.3) is 0 Å². The molecule has 0 fully saturated rings. The fraction of sp³-hybridized carbons (Fsp3) is 0.909. The summed E-state index contributed by atoms with van der Waals surface area (Å²) in [6, 6.07) is -0.634. The Morgan fingerprint density at radius 3 is 0.986 bits per heavy atom. The molecular weight excluding hydrogens is 887 g/mol. The van der Waals surface area contributed by atoms with Crippen LogP contribution in [0.15, 0.2) is 24.3 Å². The number of amides is 1. The van der Waals surface area contributed by atoms with Crippen molar-refractivity contribution in [2.24, 2.45) is 0 Å². The summed E-state index contributed by atoms with van der Waals surface area (Å²) in [5.74, 6) is -0.0635. The predicted octanol–water partition coefficient (Wildman–Crippen LogP) is 20.6. The quantitative estimate of drug-likeness (QED) is 0.0320. The lowest BCUT2D eigenvalue weighted by atomic mass is 10.0. The lowest BCUT2D eigenvalue weighted by molar-refractivity contribution is -0.143. The third-order valence-corrected chi connectivity index (χ3v) is 15.2. The zero-order valence-corrected chi connectivity index (χ0v) is 48.7. The van der Waals surface area contributed by atoms with Gasteiger partial charge < -0.3 is 20.3 Å². The number of esters is 1. The van der Waals surface area contributed by atoms with E-state index in [-0.39, 0.29) is 18.5 Å². The minimum absolute atomic E-state index is 0.0108. The molecule has 6 nitrogen and oxygen atoms in total. The van der Waals surface area contributed by atoms with Gasteiger partial charge in [-0.05, 0) is 57.8 Å². The molecule has 426 valence electrons. The molecular formula is C66H127NO5. The van der Waals surface area contributed by atoms with E-state index in [1.54, 1.807) is 6.08 Å². The smallest absolute Gasteiger partial charge is 0.305 e. The molecule has 0 aliphatic rings. The predicted molar refractivity (Wildman–Crippen MR) is 315 cm³/mol. The largest absolute Gasteiger partial charge is 0.466 e. The van der Waals surface area contributed by atoms with Crippen molar-refractivity contribution < 1.29 is 24.5 Å². The molecule has 0 bridgehead atoms. The minimum Gasteiger partial charge on any atom is -0.466 e. The minimum atomic E-state index is -0.850. The maximum atomic E-state index is 12.5. The van der Waals surface area contributed by atoms with Crippen LogP contribution in [0, 0.1) is 0 Å². The molecule has 0 aliphatic carbocycles. The average molecular weight is 1010 g/mol. The number of ether oxygens (including phenoxy) is 1. The van der Waals surface area contributed by atoms with E-state index in [9.17, 15) is 19.8 Å². The van der Waals surface area contributed by atoms with Crippen LogP contribution in [0.5, 0.6) is 0 Å². The first-order valence-electron chi connectivity index (χ1n) is 32.6. The van der Waals surface area contributed by atoms with Crippen LogP contribution in [0.4, 0.5) is 0 Å². The molecule has 0 spiro atoms. The molecule has 72 heavy (non-hydrogen) atoms. The molecule has 0 saturated heterocycles. The highest BCUT2D eigenvalue weighted by Crippen LogP contribution is 2.18. The number of aliphatic hydroxyl groups is 2. The summed E-state index contributed by atoms with van der Waals surface area (Å²) in [4.78, 5) is 24.6. The Morgan fingerprint density at radius 2 is 0.653 bits per heavy atom. The fourth-order valence-corrected chi connectivity index (χ4v) is 10.2. The van der Waals surface area contributed by atoms with E-state index in [0.29, 0.717) is 19.4 Å². The van der Waals surface area contributed by atoms with Crippen molar-refractivity contribution in [2.45, 2.75) is 373 Å². The van der Waals surface area contributed by atoms with E-state index in [4.69, 9.17) is 4.74 Å². The number of nitrogens with one attached hydrogen (secondary N) is 1. The summed E-state index contributed by atoms with van der Waals surface area (Å²) in [6.45, 7) is 4.92. The summed E-state index contributed by atoms with van der Waals surface area (Å²) < 4.78 is 5.50. The summed E-state index contributed by atoms with van der Waals surface area (Å²) in [6.07, 6.45) is 76.5. The first-order valence-corrected chi connectivity index (χ1v) is 32.6. The molecule has 2 unspecified atom stereocenters. The van der Waals surface area contributed by atoms with Gasteiger partial charge in [0.1, 0.15) is 0 Å². The van der Waals surface area contributed by atoms with Crippen LogP contribution in [-0.2, 0) is 14.3 Å². The van der Waals surface area contributed by atoms with Crippen LogP contribution in [-0.4, -0.2) is 47.4 Å². The van der Waals surface area contributed by atoms with Gasteiger partial charge in [0.2, 0.25) is 5.91 Å². The van der Waals surface area contributed by atoms with Gasteiger partial charge in [0, 0.05) is 12.8 Å². The van der Waals surface area contributed by atoms with E-state index in [1.165, 1.54) is 289 Å². The van der Waals surface area contributed by atoms with Crippen molar-refractivity contribution in [3.05, 3.63) is 24.3 Å². The van der Waals surface area contributed by atoms with Crippen LogP contribution in [0.3, 0.4) is 0 Å². The highest BCUT2D eigenvalue weighted by molar-refractivity contribution is 5.76. The Kier molecular flexibility index (Phi) is 60.5. The highest BCUT2D eigenvalue weighted by Gasteiger charge is 2.18.